The molecule has 0 aliphatic heterocycles. The number of nitrogens with one attached hydrogen (secondary N) is 1. The van der Waals surface area contributed by atoms with Crippen molar-refractivity contribution in [1.82, 2.24) is 24.9 Å². The number of pyridine rings is 1. The van der Waals surface area contributed by atoms with Crippen LogP contribution in [0.5, 0.6) is 0 Å². The lowest BCUT2D eigenvalue weighted by atomic mass is 9.98. The number of carbonyl (C=O) groups is 1. The summed E-state index contributed by atoms with van der Waals surface area (Å²) >= 11 is 6.41. The van der Waals surface area contributed by atoms with Gasteiger partial charge >= 0.3 is 0 Å². The van der Waals surface area contributed by atoms with Crippen LogP contribution in [-0.4, -0.2) is 25.5 Å². The van der Waals surface area contributed by atoms with Crippen LogP contribution in [-0.2, 0) is 0 Å². The minimum absolute atomic E-state index is 0.125. The Hall–Kier alpha value is -3.97. The lowest BCUT2D eigenvalue weighted by Crippen LogP contribution is -2.28. The Balaban J connectivity index is 1.59. The molecule has 0 spiro atoms. The first kappa shape index (κ1) is 20.0. The number of fused-ring (bicyclic) bond motifs is 2. The van der Waals surface area contributed by atoms with Crippen molar-refractivity contribution in [3.05, 3.63) is 89.2 Å². The number of aromatic nitrogens is 4. The molecule has 0 saturated carbocycles. The normalized spacial score (nSPS) is 12.2. The zero-order valence-electron chi connectivity index (χ0n) is 17.2. The van der Waals surface area contributed by atoms with Crippen molar-refractivity contribution in [2.24, 2.45) is 0 Å². The number of hydrogen-bond acceptors (Lipinski definition) is 5. The largest absolute Gasteiger partial charge is 0.381 e. The maximum absolute atomic E-state index is 13.2. The Bertz CT molecular complexity index is 1460. The fourth-order valence-corrected chi connectivity index (χ4v) is 4.03. The minimum Gasteiger partial charge on any atom is -0.381 e. The molecule has 3 aromatic heterocycles. The molecule has 0 radical (unpaired) electrons. The fourth-order valence-electron chi connectivity index (χ4n) is 3.80. The van der Waals surface area contributed by atoms with Crippen molar-refractivity contribution >= 4 is 39.9 Å². The molecule has 3 heterocycles. The number of anilines is 1. The van der Waals surface area contributed by atoms with Gasteiger partial charge in [0.2, 0.25) is 0 Å². The quantitative estimate of drug-likeness (QED) is 0.421. The van der Waals surface area contributed by atoms with Crippen LogP contribution in [0, 0.1) is 0 Å². The standard InChI is InChI=1S/C24H19ClN6O/c1-14(28-24(32)19-22(26)30-31-12-6-11-27-23(19)31)17-13-16-9-5-10-18(25)21(16)29-20(17)15-7-3-2-4-8-15/h2-14H,1H3,(H2,26,30)(H,28,32)/t14-/m1/s1. The zero-order valence-corrected chi connectivity index (χ0v) is 17.9. The van der Waals surface area contributed by atoms with Crippen molar-refractivity contribution < 1.29 is 4.79 Å². The highest BCUT2D eigenvalue weighted by Gasteiger charge is 2.23. The highest BCUT2D eigenvalue weighted by molar-refractivity contribution is 6.35. The third kappa shape index (κ3) is 3.42. The molecule has 8 heteroatoms. The average molecular weight is 443 g/mol. The molecule has 5 rings (SSSR count). The molecule has 0 unspecified atom stereocenters. The van der Waals surface area contributed by atoms with Crippen LogP contribution in [0.1, 0.15) is 28.9 Å². The smallest absolute Gasteiger partial charge is 0.259 e. The van der Waals surface area contributed by atoms with Crippen LogP contribution in [0.2, 0.25) is 5.02 Å². The Morgan fingerprint density at radius 2 is 1.94 bits per heavy atom. The Morgan fingerprint density at radius 3 is 2.75 bits per heavy atom. The summed E-state index contributed by atoms with van der Waals surface area (Å²) in [7, 11) is 0. The summed E-state index contributed by atoms with van der Waals surface area (Å²) in [5, 5.41) is 8.68. The Morgan fingerprint density at radius 1 is 1.12 bits per heavy atom. The molecule has 0 aliphatic rings. The van der Waals surface area contributed by atoms with Crippen molar-refractivity contribution in [3.8, 4) is 11.3 Å². The molecule has 3 N–H and O–H groups in total. The van der Waals surface area contributed by atoms with Gasteiger partial charge in [0.15, 0.2) is 11.5 Å². The van der Waals surface area contributed by atoms with E-state index in [9.17, 15) is 4.79 Å². The molecular weight excluding hydrogens is 424 g/mol. The molecule has 2 aromatic carbocycles. The van der Waals surface area contributed by atoms with Crippen molar-refractivity contribution in [3.63, 3.8) is 0 Å². The predicted molar refractivity (Wildman–Crippen MR) is 125 cm³/mol. The molecule has 158 valence electrons. The molecule has 0 fully saturated rings. The predicted octanol–water partition coefficient (Wildman–Crippen LogP) is 4.67. The zero-order chi connectivity index (χ0) is 22.2. The topological polar surface area (TPSA) is 98.2 Å². The van der Waals surface area contributed by atoms with E-state index in [2.05, 4.69) is 15.4 Å². The number of nitrogen functional groups attached to an aromatic ring is 1. The molecule has 1 atom stereocenters. The molecule has 5 aromatic rings. The summed E-state index contributed by atoms with van der Waals surface area (Å²) in [4.78, 5) is 22.3. The lowest BCUT2D eigenvalue weighted by Gasteiger charge is -2.19. The molecule has 32 heavy (non-hydrogen) atoms. The van der Waals surface area contributed by atoms with Gasteiger partial charge in [0.05, 0.1) is 22.3 Å². The number of benzene rings is 2. The fraction of sp³-hybridized carbons (Fsp3) is 0.0833. The van der Waals surface area contributed by atoms with Gasteiger partial charge in [0.1, 0.15) is 5.56 Å². The van der Waals surface area contributed by atoms with E-state index in [0.29, 0.717) is 16.2 Å². The lowest BCUT2D eigenvalue weighted by molar-refractivity contribution is 0.0942. The van der Waals surface area contributed by atoms with Gasteiger partial charge in [-0.1, -0.05) is 54.1 Å². The summed E-state index contributed by atoms with van der Waals surface area (Å²) in [6, 6.07) is 18.8. The molecule has 1 amide bonds. The minimum atomic E-state index is -0.369. The number of amides is 1. The van der Waals surface area contributed by atoms with Gasteiger partial charge in [-0.3, -0.25) is 4.79 Å². The maximum atomic E-state index is 13.2. The van der Waals surface area contributed by atoms with Crippen LogP contribution in [0.4, 0.5) is 5.82 Å². The van der Waals surface area contributed by atoms with E-state index in [1.165, 1.54) is 4.52 Å². The molecular formula is C24H19ClN6O. The molecule has 7 nitrogen and oxygen atoms in total. The van der Waals surface area contributed by atoms with Crippen LogP contribution < -0.4 is 11.1 Å². The Kier molecular flexibility index (Phi) is 4.95. The number of para-hydroxylation sites is 1. The second-order valence-corrected chi connectivity index (χ2v) is 7.85. The summed E-state index contributed by atoms with van der Waals surface area (Å²) in [5.41, 5.74) is 9.94. The van der Waals surface area contributed by atoms with Gasteiger partial charge in [-0.05, 0) is 25.1 Å². The first-order valence-corrected chi connectivity index (χ1v) is 10.4. The van der Waals surface area contributed by atoms with Crippen molar-refractivity contribution in [2.45, 2.75) is 13.0 Å². The number of nitrogens with zero attached hydrogens (tertiary/aromatic N) is 4. The second-order valence-electron chi connectivity index (χ2n) is 7.45. The van der Waals surface area contributed by atoms with Crippen LogP contribution >= 0.6 is 11.6 Å². The number of carbonyl (C=O) groups excluding carboxylic acids is 1. The summed E-state index contributed by atoms with van der Waals surface area (Å²) in [6.45, 7) is 1.91. The van der Waals surface area contributed by atoms with Gasteiger partial charge in [-0.2, -0.15) is 0 Å². The van der Waals surface area contributed by atoms with Crippen molar-refractivity contribution in [2.75, 3.05) is 5.73 Å². The first-order chi connectivity index (χ1) is 15.5. The maximum Gasteiger partial charge on any atom is 0.259 e. The van der Waals surface area contributed by atoms with Gasteiger partial charge in [-0.15, -0.1) is 5.10 Å². The van der Waals surface area contributed by atoms with Crippen LogP contribution in [0.3, 0.4) is 0 Å². The highest BCUT2D eigenvalue weighted by atomic mass is 35.5. The van der Waals surface area contributed by atoms with Gasteiger partial charge in [0.25, 0.3) is 5.91 Å². The van der Waals surface area contributed by atoms with Gasteiger partial charge < -0.3 is 11.1 Å². The van der Waals surface area contributed by atoms with E-state index in [1.54, 1.807) is 18.5 Å². The summed E-state index contributed by atoms with van der Waals surface area (Å²) in [5.74, 6) is -0.228. The van der Waals surface area contributed by atoms with Gasteiger partial charge in [-0.25, -0.2) is 14.5 Å². The number of rotatable bonds is 4. The first-order valence-electron chi connectivity index (χ1n) is 10.1. The van der Waals surface area contributed by atoms with E-state index < -0.39 is 0 Å². The highest BCUT2D eigenvalue weighted by Crippen LogP contribution is 2.32. The van der Waals surface area contributed by atoms with E-state index >= 15 is 0 Å². The third-order valence-corrected chi connectivity index (χ3v) is 5.64. The third-order valence-electron chi connectivity index (χ3n) is 5.34. The SMILES string of the molecule is C[C@@H](NC(=O)c1c(N)nn2cccnc12)c1cc2cccc(Cl)c2nc1-c1ccccc1. The summed E-state index contributed by atoms with van der Waals surface area (Å²) in [6.07, 6.45) is 3.30. The van der Waals surface area contributed by atoms with Crippen LogP contribution in [0.25, 0.3) is 27.8 Å². The molecule has 0 saturated heterocycles. The van der Waals surface area contributed by atoms with E-state index in [-0.39, 0.29) is 23.3 Å². The number of hydrogen-bond donors (Lipinski definition) is 2. The second kappa shape index (κ2) is 7.94. The average Bonchev–Trinajstić information content (AvgIpc) is 3.15. The van der Waals surface area contributed by atoms with Gasteiger partial charge in [0, 0.05) is 28.9 Å². The summed E-state index contributed by atoms with van der Waals surface area (Å²) < 4.78 is 1.49. The number of nitrogens with two attached hydrogens (primary N) is 1. The van der Waals surface area contributed by atoms with E-state index in [0.717, 1.165) is 22.2 Å². The van der Waals surface area contributed by atoms with Crippen molar-refractivity contribution in [1.29, 1.82) is 0 Å². The van der Waals surface area contributed by atoms with Crippen LogP contribution in [0.15, 0.2) is 73.1 Å². The van der Waals surface area contributed by atoms with E-state index in [1.807, 2.05) is 61.5 Å². The monoisotopic (exact) mass is 442 g/mol. The molecule has 0 bridgehead atoms. The molecule has 0 aliphatic carbocycles. The number of halogens is 1. The van der Waals surface area contributed by atoms with E-state index in [4.69, 9.17) is 22.3 Å². The Labute approximate surface area is 188 Å².